The van der Waals surface area contributed by atoms with E-state index in [-0.39, 0.29) is 10.5 Å². The molecule has 0 aliphatic rings. The van der Waals surface area contributed by atoms with Crippen LogP contribution in [-0.4, -0.2) is 45.8 Å². The maximum atomic E-state index is 12.6. The Morgan fingerprint density at radius 3 is 2.61 bits per heavy atom. The number of benzene rings is 1. The summed E-state index contributed by atoms with van der Waals surface area (Å²) in [6, 6.07) is 10.4. The smallest absolute Gasteiger partial charge is 0.258 e. The van der Waals surface area contributed by atoms with Crippen molar-refractivity contribution in [2.24, 2.45) is 0 Å². The quantitative estimate of drug-likeness (QED) is 0.354. The zero-order valence-corrected chi connectivity index (χ0v) is 20.8. The molecule has 0 N–H and O–H groups in total. The highest BCUT2D eigenvalue weighted by Crippen LogP contribution is 2.29. The van der Waals surface area contributed by atoms with Gasteiger partial charge >= 0.3 is 0 Å². The van der Waals surface area contributed by atoms with E-state index in [1.807, 2.05) is 25.1 Å². The van der Waals surface area contributed by atoms with E-state index < -0.39 is 10.0 Å². The third kappa shape index (κ3) is 4.68. The first-order valence-electron chi connectivity index (χ1n) is 10.8. The Morgan fingerprint density at radius 1 is 1.09 bits per heavy atom. The number of thioether (sulfide) groups is 1. The average molecular weight is 486 g/mol. The Bertz CT molecular complexity index is 1490. The topological polar surface area (TPSA) is 89.6 Å². The molecule has 0 aliphatic carbocycles. The van der Waals surface area contributed by atoms with Crippen molar-refractivity contribution in [3.05, 3.63) is 64.2 Å². The van der Waals surface area contributed by atoms with Crippen LogP contribution in [0.4, 0.5) is 0 Å². The monoisotopic (exact) mass is 485 g/mol. The van der Waals surface area contributed by atoms with Gasteiger partial charge in [0, 0.05) is 38.7 Å². The van der Waals surface area contributed by atoms with Gasteiger partial charge in [0.05, 0.1) is 21.6 Å². The van der Waals surface area contributed by atoms with E-state index in [9.17, 15) is 13.2 Å². The Morgan fingerprint density at radius 2 is 1.88 bits per heavy atom. The normalized spacial score (nSPS) is 12.3. The number of hydrogen-bond acceptors (Lipinski definition) is 6. The molecule has 8 nitrogen and oxygen atoms in total. The van der Waals surface area contributed by atoms with Crippen LogP contribution in [0.5, 0.6) is 0 Å². The number of rotatable bonds is 8. The van der Waals surface area contributed by atoms with Gasteiger partial charge in [-0.05, 0) is 43.2 Å². The summed E-state index contributed by atoms with van der Waals surface area (Å²) in [6.45, 7) is 4.84. The SMILES string of the molecule is CCCCn1c(SCc2cc(=O)n3cc(C)ccc3n2)nc2cc(S(=O)(=O)N(C)C)ccc21. The van der Waals surface area contributed by atoms with Gasteiger partial charge in [-0.1, -0.05) is 31.2 Å². The lowest BCUT2D eigenvalue weighted by Gasteiger charge is -2.11. The van der Waals surface area contributed by atoms with Crippen molar-refractivity contribution in [1.82, 2.24) is 23.2 Å². The standard InChI is InChI=1S/C23H27N5O3S2/c1-5-6-11-27-20-9-8-18(33(30,31)26(3)4)13-19(20)25-23(27)32-15-17-12-22(29)28-14-16(2)7-10-21(28)24-17/h7-10,12-14H,5-6,11,15H2,1-4H3. The molecule has 0 spiro atoms. The van der Waals surface area contributed by atoms with E-state index in [1.54, 1.807) is 28.8 Å². The van der Waals surface area contributed by atoms with Crippen molar-refractivity contribution in [2.45, 2.75) is 49.0 Å². The van der Waals surface area contributed by atoms with Crippen LogP contribution >= 0.6 is 11.8 Å². The van der Waals surface area contributed by atoms with Crippen molar-refractivity contribution in [3.63, 3.8) is 0 Å². The molecule has 174 valence electrons. The zero-order valence-electron chi connectivity index (χ0n) is 19.1. The van der Waals surface area contributed by atoms with Gasteiger partial charge in [0.25, 0.3) is 5.56 Å². The highest BCUT2D eigenvalue weighted by atomic mass is 32.2. The molecule has 0 fully saturated rings. The van der Waals surface area contributed by atoms with Crippen LogP contribution in [0.2, 0.25) is 0 Å². The van der Waals surface area contributed by atoms with Crippen LogP contribution in [0, 0.1) is 6.92 Å². The molecule has 4 rings (SSSR count). The van der Waals surface area contributed by atoms with Crippen molar-refractivity contribution in [3.8, 4) is 0 Å². The number of unbranched alkanes of at least 4 members (excludes halogenated alkanes) is 1. The molecule has 4 aromatic rings. The lowest BCUT2D eigenvalue weighted by molar-refractivity contribution is 0.521. The minimum Gasteiger partial charge on any atom is -0.319 e. The molecule has 1 aromatic carbocycles. The number of sulfonamides is 1. The van der Waals surface area contributed by atoms with Crippen LogP contribution in [0.15, 0.2) is 57.4 Å². The lowest BCUT2D eigenvalue weighted by atomic mass is 10.3. The molecule has 0 amide bonds. The largest absolute Gasteiger partial charge is 0.319 e. The minimum absolute atomic E-state index is 0.114. The van der Waals surface area contributed by atoms with Gasteiger partial charge in [-0.15, -0.1) is 0 Å². The first kappa shape index (κ1) is 23.5. The molecular formula is C23H27N5O3S2. The van der Waals surface area contributed by atoms with Crippen molar-refractivity contribution < 1.29 is 8.42 Å². The van der Waals surface area contributed by atoms with E-state index in [2.05, 4.69) is 16.5 Å². The van der Waals surface area contributed by atoms with Crippen LogP contribution in [0.1, 0.15) is 31.0 Å². The van der Waals surface area contributed by atoms with Crippen LogP contribution in [0.25, 0.3) is 16.7 Å². The van der Waals surface area contributed by atoms with Gasteiger partial charge in [0.15, 0.2) is 5.16 Å². The summed E-state index contributed by atoms with van der Waals surface area (Å²) in [5.74, 6) is 0.484. The summed E-state index contributed by atoms with van der Waals surface area (Å²) in [5.41, 5.74) is 3.70. The number of pyridine rings is 1. The van der Waals surface area contributed by atoms with Gasteiger partial charge < -0.3 is 4.57 Å². The average Bonchev–Trinajstić information content (AvgIpc) is 3.13. The second-order valence-electron chi connectivity index (χ2n) is 8.15. The number of aromatic nitrogens is 4. The maximum absolute atomic E-state index is 12.6. The Hall–Kier alpha value is -2.69. The molecule has 3 aromatic heterocycles. The highest BCUT2D eigenvalue weighted by Gasteiger charge is 2.20. The fraction of sp³-hybridized carbons (Fsp3) is 0.348. The van der Waals surface area contributed by atoms with Crippen molar-refractivity contribution >= 4 is 38.5 Å². The second-order valence-corrected chi connectivity index (χ2v) is 11.2. The summed E-state index contributed by atoms with van der Waals surface area (Å²) in [4.78, 5) is 22.1. The molecule has 0 radical (unpaired) electrons. The predicted molar refractivity (Wildman–Crippen MR) is 131 cm³/mol. The van der Waals surface area contributed by atoms with Crippen LogP contribution in [0.3, 0.4) is 0 Å². The maximum Gasteiger partial charge on any atom is 0.258 e. The van der Waals surface area contributed by atoms with Gasteiger partial charge in [-0.2, -0.15) is 0 Å². The lowest BCUT2D eigenvalue weighted by Crippen LogP contribution is -2.22. The molecule has 3 heterocycles. The summed E-state index contributed by atoms with van der Waals surface area (Å²) in [6.07, 6.45) is 3.79. The molecule has 33 heavy (non-hydrogen) atoms. The number of imidazole rings is 1. The summed E-state index contributed by atoms with van der Waals surface area (Å²) >= 11 is 1.50. The Balaban J connectivity index is 1.69. The Kier molecular flexibility index (Phi) is 6.60. The van der Waals surface area contributed by atoms with Crippen molar-refractivity contribution in [1.29, 1.82) is 0 Å². The summed E-state index contributed by atoms with van der Waals surface area (Å²) < 4.78 is 30.0. The Labute approximate surface area is 197 Å². The third-order valence-electron chi connectivity index (χ3n) is 5.41. The van der Waals surface area contributed by atoms with E-state index in [0.717, 1.165) is 35.6 Å². The van der Waals surface area contributed by atoms with E-state index in [1.165, 1.54) is 30.2 Å². The van der Waals surface area contributed by atoms with E-state index >= 15 is 0 Å². The van der Waals surface area contributed by atoms with Gasteiger partial charge in [0.2, 0.25) is 10.0 Å². The fourth-order valence-electron chi connectivity index (χ4n) is 3.57. The minimum atomic E-state index is -3.54. The van der Waals surface area contributed by atoms with Gasteiger partial charge in [-0.3, -0.25) is 9.20 Å². The molecule has 0 saturated heterocycles. The van der Waals surface area contributed by atoms with Crippen LogP contribution < -0.4 is 5.56 Å². The molecule has 0 aliphatic heterocycles. The van der Waals surface area contributed by atoms with Gasteiger partial charge in [-0.25, -0.2) is 22.7 Å². The summed E-state index contributed by atoms with van der Waals surface area (Å²) in [7, 11) is -0.513. The molecule has 0 saturated carbocycles. The number of hydrogen-bond donors (Lipinski definition) is 0. The van der Waals surface area contributed by atoms with Gasteiger partial charge in [0.1, 0.15) is 5.65 Å². The molecule has 0 bridgehead atoms. The second kappa shape index (κ2) is 9.28. The first-order chi connectivity index (χ1) is 15.7. The molecular weight excluding hydrogens is 458 g/mol. The van der Waals surface area contributed by atoms with Crippen LogP contribution in [-0.2, 0) is 22.3 Å². The number of aryl methyl sites for hydroxylation is 2. The number of nitrogens with zero attached hydrogens (tertiary/aromatic N) is 5. The van der Waals surface area contributed by atoms with E-state index in [4.69, 9.17) is 4.98 Å². The fourth-order valence-corrected chi connectivity index (χ4v) is 5.43. The number of fused-ring (bicyclic) bond motifs is 2. The first-order valence-corrected chi connectivity index (χ1v) is 13.2. The summed E-state index contributed by atoms with van der Waals surface area (Å²) in [5, 5.41) is 0.781. The molecule has 0 unspecified atom stereocenters. The molecule has 0 atom stereocenters. The van der Waals surface area contributed by atoms with E-state index in [0.29, 0.717) is 22.6 Å². The van der Waals surface area contributed by atoms with Crippen molar-refractivity contribution in [2.75, 3.05) is 14.1 Å². The molecule has 10 heteroatoms. The predicted octanol–water partition coefficient (Wildman–Crippen LogP) is 3.70. The zero-order chi connectivity index (χ0) is 23.8. The third-order valence-corrected chi connectivity index (χ3v) is 8.23. The highest BCUT2D eigenvalue weighted by molar-refractivity contribution is 7.98.